The topological polar surface area (TPSA) is 24.5 Å². The molecule has 3 aliphatic rings. The van der Waals surface area contributed by atoms with Gasteiger partial charge < -0.3 is 15.0 Å². The maximum atomic E-state index is 5.91. The Hall–Kier alpha value is -1.06. The molecule has 0 spiro atoms. The molecule has 1 aromatic rings. The minimum Gasteiger partial charge on any atom is -0.374 e. The summed E-state index contributed by atoms with van der Waals surface area (Å²) in [5.41, 5.74) is 4.35. The second-order valence-corrected chi connectivity index (χ2v) is 6.59. The van der Waals surface area contributed by atoms with E-state index in [-0.39, 0.29) is 0 Å². The van der Waals surface area contributed by atoms with Crippen molar-refractivity contribution in [2.45, 2.75) is 56.9 Å². The van der Waals surface area contributed by atoms with Gasteiger partial charge in [0, 0.05) is 31.9 Å². The van der Waals surface area contributed by atoms with Crippen molar-refractivity contribution in [3.63, 3.8) is 0 Å². The summed E-state index contributed by atoms with van der Waals surface area (Å²) in [5.74, 6) is 0. The monoisotopic (exact) mass is 272 g/mol. The van der Waals surface area contributed by atoms with Crippen molar-refractivity contribution in [3.05, 3.63) is 29.3 Å². The first kappa shape index (κ1) is 12.7. The first-order chi connectivity index (χ1) is 9.79. The number of nitrogens with zero attached hydrogens (tertiary/aromatic N) is 1. The molecule has 0 radical (unpaired) electrons. The van der Waals surface area contributed by atoms with Gasteiger partial charge in [-0.1, -0.05) is 12.1 Å². The molecule has 0 saturated carbocycles. The van der Waals surface area contributed by atoms with Gasteiger partial charge in [-0.3, -0.25) is 0 Å². The predicted octanol–water partition coefficient (Wildman–Crippen LogP) is 2.48. The lowest BCUT2D eigenvalue weighted by molar-refractivity contribution is 0.0973. The fraction of sp³-hybridized carbons (Fsp3) is 0.647. The van der Waals surface area contributed by atoms with Gasteiger partial charge in [0.15, 0.2) is 0 Å². The molecule has 20 heavy (non-hydrogen) atoms. The van der Waals surface area contributed by atoms with Gasteiger partial charge in [-0.15, -0.1) is 0 Å². The van der Waals surface area contributed by atoms with Gasteiger partial charge in [-0.25, -0.2) is 0 Å². The van der Waals surface area contributed by atoms with Crippen molar-refractivity contribution >= 4 is 5.69 Å². The van der Waals surface area contributed by atoms with Crippen LogP contribution in [-0.2, 0) is 17.7 Å². The van der Waals surface area contributed by atoms with Crippen LogP contribution in [0.2, 0.25) is 0 Å². The van der Waals surface area contributed by atoms with E-state index in [1.165, 1.54) is 55.5 Å². The molecular weight excluding hydrogens is 248 g/mol. The van der Waals surface area contributed by atoms with Crippen LogP contribution in [-0.4, -0.2) is 31.8 Å². The summed E-state index contributed by atoms with van der Waals surface area (Å²) >= 11 is 0. The van der Waals surface area contributed by atoms with Gasteiger partial charge in [0.05, 0.1) is 12.2 Å². The number of benzene rings is 1. The minimum atomic E-state index is 0.476. The van der Waals surface area contributed by atoms with E-state index < -0.39 is 0 Å². The third-order valence-corrected chi connectivity index (χ3v) is 5.17. The fourth-order valence-corrected chi connectivity index (χ4v) is 4.05. The number of anilines is 1. The van der Waals surface area contributed by atoms with Crippen LogP contribution in [0.5, 0.6) is 0 Å². The average molecular weight is 272 g/mol. The van der Waals surface area contributed by atoms with Gasteiger partial charge in [0.1, 0.15) is 0 Å². The maximum Gasteiger partial charge on any atom is 0.0733 e. The van der Waals surface area contributed by atoms with Crippen molar-refractivity contribution in [2.24, 2.45) is 0 Å². The molecule has 1 aromatic carbocycles. The third kappa shape index (κ3) is 2.23. The normalized spacial score (nSPS) is 31.6. The molecule has 3 unspecified atom stereocenters. The zero-order valence-corrected chi connectivity index (χ0v) is 12.3. The highest BCUT2D eigenvalue weighted by atomic mass is 16.5. The molecule has 0 amide bonds. The average Bonchev–Trinajstić information content (AvgIpc) is 3.08. The highest BCUT2D eigenvalue weighted by Gasteiger charge is 2.40. The quantitative estimate of drug-likeness (QED) is 0.915. The number of aryl methyl sites for hydroxylation is 1. The van der Waals surface area contributed by atoms with Crippen molar-refractivity contribution in [2.75, 3.05) is 18.5 Å². The molecule has 0 aromatic heterocycles. The first-order valence-electron chi connectivity index (χ1n) is 8.01. The van der Waals surface area contributed by atoms with E-state index in [9.17, 15) is 0 Å². The molecule has 2 bridgehead atoms. The van der Waals surface area contributed by atoms with Gasteiger partial charge >= 0.3 is 0 Å². The summed E-state index contributed by atoms with van der Waals surface area (Å²) in [6, 6.07) is 7.55. The first-order valence-corrected chi connectivity index (χ1v) is 8.01. The Morgan fingerprint density at radius 2 is 2.30 bits per heavy atom. The Kier molecular flexibility index (Phi) is 3.20. The molecule has 3 atom stereocenters. The van der Waals surface area contributed by atoms with E-state index in [0.717, 1.165) is 6.54 Å². The SMILES string of the molecule is CN1CCCc2cc(CNC3CC4CCC3O4)ccc21. The summed E-state index contributed by atoms with van der Waals surface area (Å²) in [7, 11) is 2.20. The number of hydrogen-bond acceptors (Lipinski definition) is 3. The molecule has 3 nitrogen and oxygen atoms in total. The Bertz CT molecular complexity index is 502. The van der Waals surface area contributed by atoms with Crippen LogP contribution in [0.15, 0.2) is 18.2 Å². The minimum absolute atomic E-state index is 0.476. The van der Waals surface area contributed by atoms with E-state index in [1.54, 1.807) is 0 Å². The number of rotatable bonds is 3. The van der Waals surface area contributed by atoms with Crippen LogP contribution in [0.1, 0.15) is 36.8 Å². The van der Waals surface area contributed by atoms with Crippen molar-refractivity contribution in [3.8, 4) is 0 Å². The Morgan fingerprint density at radius 1 is 1.35 bits per heavy atom. The molecule has 3 heteroatoms. The van der Waals surface area contributed by atoms with Gasteiger partial charge in [0.25, 0.3) is 0 Å². The molecule has 0 aliphatic carbocycles. The third-order valence-electron chi connectivity index (χ3n) is 5.17. The molecule has 3 heterocycles. The smallest absolute Gasteiger partial charge is 0.0733 e. The Balaban J connectivity index is 1.42. The lowest BCUT2D eigenvalue weighted by Gasteiger charge is -2.28. The van der Waals surface area contributed by atoms with Crippen LogP contribution in [0.25, 0.3) is 0 Å². The molecule has 4 rings (SSSR count). The van der Waals surface area contributed by atoms with Crippen molar-refractivity contribution < 1.29 is 4.74 Å². The number of nitrogens with one attached hydrogen (secondary N) is 1. The van der Waals surface area contributed by atoms with Gasteiger partial charge in [0.2, 0.25) is 0 Å². The van der Waals surface area contributed by atoms with E-state index >= 15 is 0 Å². The van der Waals surface area contributed by atoms with Crippen LogP contribution < -0.4 is 10.2 Å². The van der Waals surface area contributed by atoms with Crippen LogP contribution in [0.4, 0.5) is 5.69 Å². The summed E-state index contributed by atoms with van der Waals surface area (Å²) in [5, 5.41) is 3.71. The van der Waals surface area contributed by atoms with Gasteiger partial charge in [-0.2, -0.15) is 0 Å². The summed E-state index contributed by atoms with van der Waals surface area (Å²) in [4.78, 5) is 2.37. The highest BCUT2D eigenvalue weighted by Crippen LogP contribution is 2.34. The summed E-state index contributed by atoms with van der Waals surface area (Å²) < 4.78 is 5.91. The fourth-order valence-electron chi connectivity index (χ4n) is 4.05. The largest absolute Gasteiger partial charge is 0.374 e. The lowest BCUT2D eigenvalue weighted by Crippen LogP contribution is -2.37. The second kappa shape index (κ2) is 5.05. The van der Waals surface area contributed by atoms with E-state index in [1.807, 2.05) is 0 Å². The lowest BCUT2D eigenvalue weighted by atomic mass is 9.95. The molecule has 2 saturated heterocycles. The number of hydrogen-bond donors (Lipinski definition) is 1. The van der Waals surface area contributed by atoms with Gasteiger partial charge in [-0.05, 0) is 49.3 Å². The molecule has 108 valence electrons. The van der Waals surface area contributed by atoms with E-state index in [2.05, 4.69) is 35.5 Å². The second-order valence-electron chi connectivity index (χ2n) is 6.59. The predicted molar refractivity (Wildman–Crippen MR) is 81.2 cm³/mol. The molecular formula is C17H24N2O. The van der Waals surface area contributed by atoms with Crippen LogP contribution in [0.3, 0.4) is 0 Å². The summed E-state index contributed by atoms with van der Waals surface area (Å²) in [6.07, 6.45) is 7.24. The Labute approximate surface area is 121 Å². The molecule has 3 aliphatic heterocycles. The standard InChI is InChI=1S/C17H24N2O/c1-19-8-2-3-13-9-12(4-6-16(13)19)11-18-15-10-14-5-7-17(15)20-14/h4,6,9,14-15,17-18H,2-3,5,7-8,10-11H2,1H3. The summed E-state index contributed by atoms with van der Waals surface area (Å²) in [6.45, 7) is 2.17. The maximum absolute atomic E-state index is 5.91. The Morgan fingerprint density at radius 3 is 3.10 bits per heavy atom. The highest BCUT2D eigenvalue weighted by molar-refractivity contribution is 5.56. The van der Waals surface area contributed by atoms with Crippen LogP contribution in [0, 0.1) is 0 Å². The van der Waals surface area contributed by atoms with E-state index in [0.29, 0.717) is 18.2 Å². The van der Waals surface area contributed by atoms with E-state index in [4.69, 9.17) is 4.74 Å². The number of fused-ring (bicyclic) bond motifs is 3. The number of ether oxygens (including phenoxy) is 1. The zero-order valence-electron chi connectivity index (χ0n) is 12.3. The van der Waals surface area contributed by atoms with Crippen molar-refractivity contribution in [1.29, 1.82) is 0 Å². The molecule has 1 N–H and O–H groups in total. The van der Waals surface area contributed by atoms with Crippen molar-refractivity contribution in [1.82, 2.24) is 5.32 Å². The van der Waals surface area contributed by atoms with Crippen LogP contribution >= 0.6 is 0 Å². The zero-order chi connectivity index (χ0) is 13.5. The molecule has 2 fully saturated rings.